The lowest BCUT2D eigenvalue weighted by Crippen LogP contribution is -2.13. The molecular formula is C16H17N3O3. The van der Waals surface area contributed by atoms with Crippen molar-refractivity contribution < 1.29 is 14.7 Å². The minimum Gasteiger partial charge on any atom is -0.478 e. The molecule has 1 aromatic heterocycles. The molecule has 2 N–H and O–H groups in total. The smallest absolute Gasteiger partial charge is 0.335 e. The van der Waals surface area contributed by atoms with Gasteiger partial charge in [-0.3, -0.25) is 4.79 Å². The van der Waals surface area contributed by atoms with E-state index in [4.69, 9.17) is 5.11 Å². The normalized spacial score (nSPS) is 10.5. The predicted molar refractivity (Wildman–Crippen MR) is 81.9 cm³/mol. The molecule has 0 unspecified atom stereocenters. The highest BCUT2D eigenvalue weighted by atomic mass is 16.4. The lowest BCUT2D eigenvalue weighted by atomic mass is 10.1. The average molecular weight is 299 g/mol. The number of anilines is 1. The molecule has 0 fully saturated rings. The molecule has 1 aromatic carbocycles. The Morgan fingerprint density at radius 3 is 2.41 bits per heavy atom. The fraction of sp³-hybridized carbons (Fsp3) is 0.250. The van der Waals surface area contributed by atoms with E-state index in [9.17, 15) is 9.59 Å². The molecule has 0 saturated carbocycles. The molecule has 0 atom stereocenters. The summed E-state index contributed by atoms with van der Waals surface area (Å²) in [6, 6.07) is 5.84. The van der Waals surface area contributed by atoms with E-state index in [0.717, 1.165) is 12.2 Å². The molecule has 2 aromatic rings. The highest BCUT2D eigenvalue weighted by Gasteiger charge is 2.10. The van der Waals surface area contributed by atoms with E-state index in [-0.39, 0.29) is 11.1 Å². The summed E-state index contributed by atoms with van der Waals surface area (Å²) in [4.78, 5) is 31.4. The molecule has 114 valence electrons. The Morgan fingerprint density at radius 1 is 1.18 bits per heavy atom. The van der Waals surface area contributed by atoms with Gasteiger partial charge in [-0.25, -0.2) is 14.8 Å². The van der Waals surface area contributed by atoms with Gasteiger partial charge in [-0.15, -0.1) is 0 Å². The second-order valence-electron chi connectivity index (χ2n) is 5.33. The average Bonchev–Trinajstić information content (AvgIpc) is 2.49. The van der Waals surface area contributed by atoms with Crippen molar-refractivity contribution in [2.24, 2.45) is 5.92 Å². The Labute approximate surface area is 128 Å². The number of amides is 1. The molecule has 0 radical (unpaired) electrons. The second-order valence-corrected chi connectivity index (χ2v) is 5.33. The number of carbonyl (C=O) groups is 2. The summed E-state index contributed by atoms with van der Waals surface area (Å²) < 4.78 is 0. The van der Waals surface area contributed by atoms with Crippen LogP contribution in [0.15, 0.2) is 36.7 Å². The molecule has 2 rings (SSSR count). The monoisotopic (exact) mass is 299 g/mol. The van der Waals surface area contributed by atoms with Crippen molar-refractivity contribution in [1.29, 1.82) is 0 Å². The molecule has 1 heterocycles. The van der Waals surface area contributed by atoms with E-state index < -0.39 is 11.9 Å². The van der Waals surface area contributed by atoms with E-state index in [2.05, 4.69) is 29.1 Å². The van der Waals surface area contributed by atoms with Crippen molar-refractivity contribution >= 4 is 17.6 Å². The fourth-order valence-electron chi connectivity index (χ4n) is 1.89. The first-order valence-corrected chi connectivity index (χ1v) is 6.91. The van der Waals surface area contributed by atoms with E-state index in [0.29, 0.717) is 11.6 Å². The number of hydrogen-bond donors (Lipinski definition) is 2. The van der Waals surface area contributed by atoms with E-state index >= 15 is 0 Å². The summed E-state index contributed by atoms with van der Waals surface area (Å²) in [5, 5.41) is 11.6. The van der Waals surface area contributed by atoms with Gasteiger partial charge >= 0.3 is 5.97 Å². The molecule has 0 bridgehead atoms. The lowest BCUT2D eigenvalue weighted by Gasteiger charge is -2.07. The topological polar surface area (TPSA) is 92.2 Å². The van der Waals surface area contributed by atoms with Crippen LogP contribution in [0.1, 0.15) is 40.4 Å². The minimum atomic E-state index is -1.07. The number of hydrogen-bond acceptors (Lipinski definition) is 4. The predicted octanol–water partition coefficient (Wildman–Crippen LogP) is 2.63. The van der Waals surface area contributed by atoms with Crippen molar-refractivity contribution in [1.82, 2.24) is 9.97 Å². The van der Waals surface area contributed by atoms with Gasteiger partial charge in [0, 0.05) is 12.0 Å². The van der Waals surface area contributed by atoms with Crippen LogP contribution in [-0.4, -0.2) is 27.0 Å². The zero-order valence-corrected chi connectivity index (χ0v) is 12.4. The highest BCUT2D eigenvalue weighted by molar-refractivity contribution is 6.05. The third kappa shape index (κ3) is 4.12. The van der Waals surface area contributed by atoms with Crippen molar-refractivity contribution in [3.63, 3.8) is 0 Å². The number of aromatic carboxylic acids is 1. The van der Waals surface area contributed by atoms with Crippen LogP contribution in [0.3, 0.4) is 0 Å². The van der Waals surface area contributed by atoms with E-state index in [1.165, 1.54) is 18.2 Å². The van der Waals surface area contributed by atoms with Crippen molar-refractivity contribution in [3.8, 4) is 0 Å². The molecule has 6 nitrogen and oxygen atoms in total. The number of nitrogens with one attached hydrogen (secondary N) is 1. The second kappa shape index (κ2) is 6.80. The summed E-state index contributed by atoms with van der Waals surface area (Å²) in [5.74, 6) is -0.292. The van der Waals surface area contributed by atoms with Crippen LogP contribution in [0.25, 0.3) is 0 Å². The minimum absolute atomic E-state index is 0.0659. The van der Waals surface area contributed by atoms with Gasteiger partial charge in [0.1, 0.15) is 5.82 Å². The Balaban J connectivity index is 2.08. The summed E-state index contributed by atoms with van der Waals surface area (Å²) in [6.07, 6.45) is 3.86. The van der Waals surface area contributed by atoms with Crippen molar-refractivity contribution in [2.75, 3.05) is 5.32 Å². The van der Waals surface area contributed by atoms with Crippen LogP contribution >= 0.6 is 0 Å². The molecule has 0 spiro atoms. The number of benzene rings is 1. The van der Waals surface area contributed by atoms with Gasteiger partial charge in [0.05, 0.1) is 23.6 Å². The molecule has 6 heteroatoms. The van der Waals surface area contributed by atoms with Gasteiger partial charge < -0.3 is 10.4 Å². The maximum Gasteiger partial charge on any atom is 0.335 e. The van der Waals surface area contributed by atoms with Crippen molar-refractivity contribution in [3.05, 3.63) is 53.6 Å². The SMILES string of the molecule is CC(C)Cc1ncc(NC(=O)c2cccc(C(=O)O)c2)cn1. The molecular weight excluding hydrogens is 282 g/mol. The Morgan fingerprint density at radius 2 is 1.82 bits per heavy atom. The first kappa shape index (κ1) is 15.6. The quantitative estimate of drug-likeness (QED) is 0.885. The third-order valence-corrected chi connectivity index (χ3v) is 2.93. The molecule has 22 heavy (non-hydrogen) atoms. The Bertz CT molecular complexity index is 681. The maximum atomic E-state index is 12.1. The Hall–Kier alpha value is -2.76. The van der Waals surface area contributed by atoms with Crippen molar-refractivity contribution in [2.45, 2.75) is 20.3 Å². The zero-order valence-electron chi connectivity index (χ0n) is 12.4. The Kier molecular flexibility index (Phi) is 4.83. The van der Waals surface area contributed by atoms with Gasteiger partial charge in [-0.1, -0.05) is 19.9 Å². The molecule has 0 saturated heterocycles. The third-order valence-electron chi connectivity index (χ3n) is 2.93. The first-order chi connectivity index (χ1) is 10.5. The first-order valence-electron chi connectivity index (χ1n) is 6.91. The number of aromatic nitrogens is 2. The summed E-state index contributed by atoms with van der Waals surface area (Å²) in [5.41, 5.74) is 0.806. The van der Waals surface area contributed by atoms with E-state index in [1.54, 1.807) is 18.5 Å². The standard InChI is InChI=1S/C16H17N3O3/c1-10(2)6-14-17-8-13(9-18-14)19-15(20)11-4-3-5-12(7-11)16(21)22/h3-5,7-10H,6H2,1-2H3,(H,19,20)(H,21,22). The molecule has 0 aliphatic carbocycles. The lowest BCUT2D eigenvalue weighted by molar-refractivity contribution is 0.0697. The van der Waals surface area contributed by atoms with Crippen LogP contribution in [-0.2, 0) is 6.42 Å². The van der Waals surface area contributed by atoms with Crippen LogP contribution in [0.5, 0.6) is 0 Å². The number of carbonyl (C=O) groups excluding carboxylic acids is 1. The van der Waals surface area contributed by atoms with Crippen LogP contribution < -0.4 is 5.32 Å². The maximum absolute atomic E-state index is 12.1. The zero-order chi connectivity index (χ0) is 16.1. The van der Waals surface area contributed by atoms with Gasteiger partial charge in [0.25, 0.3) is 5.91 Å². The number of nitrogens with zero attached hydrogens (tertiary/aromatic N) is 2. The molecule has 1 amide bonds. The molecule has 0 aliphatic heterocycles. The van der Waals surface area contributed by atoms with Gasteiger partial charge in [-0.05, 0) is 24.1 Å². The van der Waals surface area contributed by atoms with E-state index in [1.807, 2.05) is 0 Å². The highest BCUT2D eigenvalue weighted by Crippen LogP contribution is 2.10. The fourth-order valence-corrected chi connectivity index (χ4v) is 1.89. The summed E-state index contributed by atoms with van der Waals surface area (Å²) in [7, 11) is 0. The van der Waals surface area contributed by atoms with Crippen LogP contribution in [0.2, 0.25) is 0 Å². The number of carboxylic acid groups (broad SMARTS) is 1. The summed E-state index contributed by atoms with van der Waals surface area (Å²) >= 11 is 0. The summed E-state index contributed by atoms with van der Waals surface area (Å²) in [6.45, 7) is 4.16. The van der Waals surface area contributed by atoms with Gasteiger partial charge in [0.15, 0.2) is 0 Å². The van der Waals surface area contributed by atoms with Crippen LogP contribution in [0.4, 0.5) is 5.69 Å². The van der Waals surface area contributed by atoms with Gasteiger partial charge in [-0.2, -0.15) is 0 Å². The van der Waals surface area contributed by atoms with Crippen LogP contribution in [0, 0.1) is 5.92 Å². The number of rotatable bonds is 5. The molecule has 0 aliphatic rings. The largest absolute Gasteiger partial charge is 0.478 e. The van der Waals surface area contributed by atoms with Gasteiger partial charge in [0.2, 0.25) is 0 Å². The number of carboxylic acids is 1.